The van der Waals surface area contributed by atoms with Crippen molar-refractivity contribution < 1.29 is 22.3 Å². The lowest BCUT2D eigenvalue weighted by molar-refractivity contribution is -0.145. The molecule has 2 aromatic heterocycles. The molecule has 2 aromatic rings. The number of ether oxygens (including phenoxy) is 1. The molecule has 9 heteroatoms. The SMILES string of the molecule is NNc1cc(OCc2ccco2)nc(C(F)(F)F)n1. The average molecular weight is 274 g/mol. The molecule has 0 fully saturated rings. The maximum absolute atomic E-state index is 12.5. The summed E-state index contributed by atoms with van der Waals surface area (Å²) in [6.07, 6.45) is -3.26. The molecule has 0 bridgehead atoms. The fourth-order valence-electron chi connectivity index (χ4n) is 1.24. The van der Waals surface area contributed by atoms with Gasteiger partial charge in [0.05, 0.1) is 6.26 Å². The van der Waals surface area contributed by atoms with Crippen LogP contribution in [0.4, 0.5) is 19.0 Å². The van der Waals surface area contributed by atoms with Gasteiger partial charge in [-0.3, -0.25) is 0 Å². The Labute approximate surface area is 105 Å². The number of nitrogens with two attached hydrogens (primary N) is 1. The van der Waals surface area contributed by atoms with Crippen LogP contribution in [0.3, 0.4) is 0 Å². The smallest absolute Gasteiger partial charge is 0.451 e. The van der Waals surface area contributed by atoms with Gasteiger partial charge in [-0.15, -0.1) is 0 Å². The molecule has 0 spiro atoms. The van der Waals surface area contributed by atoms with Gasteiger partial charge in [-0.25, -0.2) is 10.8 Å². The standard InChI is InChI=1S/C10H9F3N4O2/c11-10(12,13)9-15-7(17-14)4-8(16-9)19-5-6-2-1-3-18-6/h1-4H,5,14H2,(H,15,16,17). The number of halogens is 3. The maximum Gasteiger partial charge on any atom is 0.451 e. The first-order chi connectivity index (χ1) is 8.99. The van der Waals surface area contributed by atoms with Crippen molar-refractivity contribution in [1.29, 1.82) is 0 Å². The van der Waals surface area contributed by atoms with Crippen molar-refractivity contribution in [2.75, 3.05) is 5.43 Å². The molecule has 0 radical (unpaired) electrons. The Bertz CT molecular complexity index is 542. The van der Waals surface area contributed by atoms with Crippen molar-refractivity contribution in [1.82, 2.24) is 9.97 Å². The Morgan fingerprint density at radius 1 is 1.37 bits per heavy atom. The minimum Gasteiger partial charge on any atom is -0.469 e. The third kappa shape index (κ3) is 3.35. The molecule has 0 amide bonds. The van der Waals surface area contributed by atoms with Gasteiger partial charge in [0.25, 0.3) is 0 Å². The predicted octanol–water partition coefficient (Wildman–Crippen LogP) is 1.95. The van der Waals surface area contributed by atoms with Crippen LogP contribution in [0.5, 0.6) is 5.88 Å². The number of furan rings is 1. The Morgan fingerprint density at radius 3 is 2.74 bits per heavy atom. The van der Waals surface area contributed by atoms with Crippen molar-refractivity contribution in [2.45, 2.75) is 12.8 Å². The van der Waals surface area contributed by atoms with Crippen LogP contribution in [0.25, 0.3) is 0 Å². The molecule has 0 aliphatic heterocycles. The van der Waals surface area contributed by atoms with Crippen LogP contribution in [-0.4, -0.2) is 9.97 Å². The second-order valence-corrected chi connectivity index (χ2v) is 3.43. The molecule has 2 rings (SSSR count). The van der Waals surface area contributed by atoms with Crippen LogP contribution in [0, 0.1) is 0 Å². The van der Waals surface area contributed by atoms with Crippen LogP contribution >= 0.6 is 0 Å². The number of hydrogen-bond acceptors (Lipinski definition) is 6. The van der Waals surface area contributed by atoms with Gasteiger partial charge in [0, 0.05) is 6.07 Å². The van der Waals surface area contributed by atoms with Gasteiger partial charge < -0.3 is 14.6 Å². The lowest BCUT2D eigenvalue weighted by Gasteiger charge is -2.10. The monoisotopic (exact) mass is 274 g/mol. The molecule has 0 saturated carbocycles. The van der Waals surface area contributed by atoms with E-state index in [1.54, 1.807) is 12.1 Å². The topological polar surface area (TPSA) is 86.2 Å². The quantitative estimate of drug-likeness (QED) is 0.654. The molecular weight excluding hydrogens is 265 g/mol. The number of alkyl halides is 3. The zero-order valence-corrected chi connectivity index (χ0v) is 9.44. The largest absolute Gasteiger partial charge is 0.469 e. The van der Waals surface area contributed by atoms with Crippen LogP contribution in [-0.2, 0) is 12.8 Å². The predicted molar refractivity (Wildman–Crippen MR) is 57.9 cm³/mol. The average Bonchev–Trinajstić information content (AvgIpc) is 2.88. The summed E-state index contributed by atoms with van der Waals surface area (Å²) in [7, 11) is 0. The first-order valence-electron chi connectivity index (χ1n) is 5.07. The summed E-state index contributed by atoms with van der Waals surface area (Å²) < 4.78 is 47.7. The van der Waals surface area contributed by atoms with E-state index in [4.69, 9.17) is 15.0 Å². The lowest BCUT2D eigenvalue weighted by atomic mass is 10.4. The third-order valence-corrected chi connectivity index (χ3v) is 2.05. The molecule has 0 aliphatic carbocycles. The molecule has 3 N–H and O–H groups in total. The highest BCUT2D eigenvalue weighted by atomic mass is 19.4. The summed E-state index contributed by atoms with van der Waals surface area (Å²) in [5.74, 6) is 3.70. The highest BCUT2D eigenvalue weighted by Crippen LogP contribution is 2.28. The molecule has 0 unspecified atom stereocenters. The summed E-state index contributed by atoms with van der Waals surface area (Å²) in [5.41, 5.74) is 2.02. The number of hydrogen-bond donors (Lipinski definition) is 2. The number of hydrazine groups is 1. The van der Waals surface area contributed by atoms with Crippen molar-refractivity contribution in [3.05, 3.63) is 36.0 Å². The van der Waals surface area contributed by atoms with Gasteiger partial charge in [-0.2, -0.15) is 18.2 Å². The van der Waals surface area contributed by atoms with Crippen LogP contribution < -0.4 is 16.0 Å². The second-order valence-electron chi connectivity index (χ2n) is 3.43. The number of anilines is 1. The van der Waals surface area contributed by atoms with E-state index in [0.717, 1.165) is 6.07 Å². The molecule has 6 nitrogen and oxygen atoms in total. The number of aromatic nitrogens is 2. The summed E-state index contributed by atoms with van der Waals surface area (Å²) in [6, 6.07) is 4.40. The Morgan fingerprint density at radius 2 is 2.16 bits per heavy atom. The number of rotatable bonds is 4. The van der Waals surface area contributed by atoms with Crippen molar-refractivity contribution in [3.8, 4) is 5.88 Å². The molecule has 19 heavy (non-hydrogen) atoms. The summed E-state index contributed by atoms with van der Waals surface area (Å²) in [4.78, 5) is 6.45. The van der Waals surface area contributed by atoms with E-state index >= 15 is 0 Å². The van der Waals surface area contributed by atoms with E-state index in [-0.39, 0.29) is 18.3 Å². The maximum atomic E-state index is 12.5. The van der Waals surface area contributed by atoms with Gasteiger partial charge in [-0.05, 0) is 12.1 Å². The van der Waals surface area contributed by atoms with E-state index in [9.17, 15) is 13.2 Å². The molecule has 2 heterocycles. The van der Waals surface area contributed by atoms with E-state index in [1.165, 1.54) is 6.26 Å². The van der Waals surface area contributed by atoms with Gasteiger partial charge in [-0.1, -0.05) is 0 Å². The van der Waals surface area contributed by atoms with Gasteiger partial charge in [0.1, 0.15) is 18.2 Å². The minimum atomic E-state index is -4.68. The second kappa shape index (κ2) is 5.14. The first kappa shape index (κ1) is 13.1. The van der Waals surface area contributed by atoms with Crippen molar-refractivity contribution >= 4 is 5.82 Å². The third-order valence-electron chi connectivity index (χ3n) is 2.05. The normalized spacial score (nSPS) is 11.4. The van der Waals surface area contributed by atoms with Crippen LogP contribution in [0.1, 0.15) is 11.6 Å². The minimum absolute atomic E-state index is 0.0503. The Kier molecular flexibility index (Phi) is 3.56. The van der Waals surface area contributed by atoms with E-state index in [1.807, 2.05) is 5.43 Å². The zero-order chi connectivity index (χ0) is 13.9. The molecule has 0 atom stereocenters. The Balaban J connectivity index is 2.19. The van der Waals surface area contributed by atoms with Crippen molar-refractivity contribution in [3.63, 3.8) is 0 Å². The molecular formula is C10H9F3N4O2. The lowest BCUT2D eigenvalue weighted by Crippen LogP contribution is -2.16. The highest BCUT2D eigenvalue weighted by molar-refractivity contribution is 5.37. The number of nitrogens with one attached hydrogen (secondary N) is 1. The zero-order valence-electron chi connectivity index (χ0n) is 9.44. The van der Waals surface area contributed by atoms with Crippen LogP contribution in [0.15, 0.2) is 28.9 Å². The van der Waals surface area contributed by atoms with Gasteiger partial charge in [0.2, 0.25) is 11.7 Å². The molecule has 0 aromatic carbocycles. The van der Waals surface area contributed by atoms with E-state index < -0.39 is 12.0 Å². The number of nitrogen functional groups attached to an aromatic ring is 1. The van der Waals surface area contributed by atoms with Crippen molar-refractivity contribution in [2.24, 2.45) is 5.84 Å². The van der Waals surface area contributed by atoms with Gasteiger partial charge >= 0.3 is 6.18 Å². The highest BCUT2D eigenvalue weighted by Gasteiger charge is 2.35. The molecule has 0 saturated heterocycles. The molecule has 102 valence electrons. The van der Waals surface area contributed by atoms with Gasteiger partial charge in [0.15, 0.2) is 0 Å². The number of nitrogens with zero attached hydrogens (tertiary/aromatic N) is 2. The fraction of sp³-hybridized carbons (Fsp3) is 0.200. The molecule has 0 aliphatic rings. The Hall–Kier alpha value is -2.29. The van der Waals surface area contributed by atoms with E-state index in [2.05, 4.69) is 9.97 Å². The summed E-state index contributed by atoms with van der Waals surface area (Å²) in [5, 5.41) is 0. The fourth-order valence-corrected chi connectivity index (χ4v) is 1.24. The summed E-state index contributed by atoms with van der Waals surface area (Å²) >= 11 is 0. The van der Waals surface area contributed by atoms with E-state index in [0.29, 0.717) is 5.76 Å². The van der Waals surface area contributed by atoms with Crippen LogP contribution in [0.2, 0.25) is 0 Å². The first-order valence-corrected chi connectivity index (χ1v) is 5.07. The summed E-state index contributed by atoms with van der Waals surface area (Å²) in [6.45, 7) is -0.0503.